The van der Waals surface area contributed by atoms with E-state index in [9.17, 15) is 14.4 Å². The molecular formula is C21H23ClN4O4. The molecule has 1 saturated carbocycles. The minimum atomic E-state index is -0.886. The fourth-order valence-electron chi connectivity index (χ4n) is 3.93. The van der Waals surface area contributed by atoms with Crippen LogP contribution in [0.25, 0.3) is 11.3 Å². The van der Waals surface area contributed by atoms with Gasteiger partial charge in [-0.3, -0.25) is 15.0 Å². The zero-order valence-electron chi connectivity index (χ0n) is 16.6. The number of carbonyl (C=O) groups is 3. The van der Waals surface area contributed by atoms with Gasteiger partial charge in [-0.15, -0.1) is 0 Å². The normalized spacial score (nSPS) is 23.7. The molecule has 8 nitrogen and oxygen atoms in total. The van der Waals surface area contributed by atoms with Gasteiger partial charge in [0.05, 0.1) is 11.2 Å². The number of nitrogens with one attached hydrogen (secondary N) is 2. The summed E-state index contributed by atoms with van der Waals surface area (Å²) in [6.45, 7) is 2.13. The standard InChI is InChI=1S/C21H23ClN4O4/c1-13-8-10-21(11-9-13)19(28)26(20(29)24-21)25-17(27)6-7-18-23-12-16(30-18)14-4-2-3-5-15(14)22/h2-5,12-13H,6-11H2,1H3,(H,24,29)(H,25,27). The topological polar surface area (TPSA) is 105 Å². The molecule has 1 aromatic carbocycles. The highest BCUT2D eigenvalue weighted by molar-refractivity contribution is 6.33. The number of oxazole rings is 1. The van der Waals surface area contributed by atoms with Gasteiger partial charge in [-0.1, -0.05) is 30.7 Å². The van der Waals surface area contributed by atoms with Crippen LogP contribution in [0.1, 0.15) is 44.9 Å². The number of carbonyl (C=O) groups excluding carboxylic acids is 3. The Balaban J connectivity index is 1.34. The molecule has 1 aliphatic heterocycles. The van der Waals surface area contributed by atoms with Gasteiger partial charge in [-0.25, -0.2) is 9.78 Å². The molecule has 0 unspecified atom stereocenters. The number of urea groups is 1. The molecule has 0 radical (unpaired) electrons. The van der Waals surface area contributed by atoms with Crippen LogP contribution in [0.5, 0.6) is 0 Å². The fourth-order valence-corrected chi connectivity index (χ4v) is 4.16. The highest BCUT2D eigenvalue weighted by Crippen LogP contribution is 2.35. The molecule has 158 valence electrons. The highest BCUT2D eigenvalue weighted by Gasteiger charge is 2.52. The van der Waals surface area contributed by atoms with Crippen molar-refractivity contribution in [2.45, 2.75) is 51.0 Å². The Morgan fingerprint density at radius 3 is 2.80 bits per heavy atom. The van der Waals surface area contributed by atoms with Crippen molar-refractivity contribution in [2.75, 3.05) is 0 Å². The first-order valence-electron chi connectivity index (χ1n) is 10.0. The van der Waals surface area contributed by atoms with Crippen LogP contribution in [0.4, 0.5) is 4.79 Å². The first-order valence-corrected chi connectivity index (χ1v) is 10.4. The molecule has 1 aliphatic carbocycles. The average molecular weight is 431 g/mol. The molecule has 2 aliphatic rings. The molecule has 2 heterocycles. The van der Waals surface area contributed by atoms with Gasteiger partial charge in [0, 0.05) is 18.4 Å². The lowest BCUT2D eigenvalue weighted by Crippen LogP contribution is -2.51. The van der Waals surface area contributed by atoms with Crippen molar-refractivity contribution in [3.05, 3.63) is 41.4 Å². The zero-order valence-corrected chi connectivity index (χ0v) is 17.4. The molecule has 1 spiro atoms. The number of hydrazine groups is 1. The van der Waals surface area contributed by atoms with Crippen molar-refractivity contribution in [3.8, 4) is 11.3 Å². The maximum absolute atomic E-state index is 12.8. The van der Waals surface area contributed by atoms with Gasteiger partial charge in [-0.05, 0) is 43.7 Å². The molecule has 2 fully saturated rings. The second kappa shape index (κ2) is 8.10. The Morgan fingerprint density at radius 2 is 2.07 bits per heavy atom. The smallest absolute Gasteiger partial charge is 0.344 e. The summed E-state index contributed by atoms with van der Waals surface area (Å²) < 4.78 is 5.68. The molecule has 1 saturated heterocycles. The Hall–Kier alpha value is -2.87. The number of hydrogen-bond donors (Lipinski definition) is 2. The van der Waals surface area contributed by atoms with Crippen LogP contribution < -0.4 is 10.7 Å². The van der Waals surface area contributed by atoms with Crippen molar-refractivity contribution >= 4 is 29.4 Å². The third-order valence-electron chi connectivity index (χ3n) is 5.78. The van der Waals surface area contributed by atoms with E-state index >= 15 is 0 Å². The van der Waals surface area contributed by atoms with Crippen LogP contribution in [-0.2, 0) is 16.0 Å². The largest absolute Gasteiger partial charge is 0.441 e. The molecule has 9 heteroatoms. The predicted molar refractivity (Wildman–Crippen MR) is 109 cm³/mol. The Labute approximate surface area is 178 Å². The lowest BCUT2D eigenvalue weighted by molar-refractivity contribution is -0.140. The summed E-state index contributed by atoms with van der Waals surface area (Å²) in [6.07, 6.45) is 4.71. The summed E-state index contributed by atoms with van der Waals surface area (Å²) in [5.74, 6) is 0.566. The van der Waals surface area contributed by atoms with Crippen LogP contribution in [0, 0.1) is 5.92 Å². The van der Waals surface area contributed by atoms with Gasteiger partial charge in [0.1, 0.15) is 5.54 Å². The molecular weight excluding hydrogens is 408 g/mol. The van der Waals surface area contributed by atoms with E-state index in [0.29, 0.717) is 41.0 Å². The van der Waals surface area contributed by atoms with Crippen LogP contribution in [0.3, 0.4) is 0 Å². The van der Waals surface area contributed by atoms with Crippen LogP contribution in [0.2, 0.25) is 5.02 Å². The van der Waals surface area contributed by atoms with Gasteiger partial charge in [0.25, 0.3) is 5.91 Å². The van der Waals surface area contributed by atoms with E-state index in [0.717, 1.165) is 17.9 Å². The summed E-state index contributed by atoms with van der Waals surface area (Å²) in [5.41, 5.74) is 2.25. The van der Waals surface area contributed by atoms with Crippen LogP contribution in [0.15, 0.2) is 34.9 Å². The number of nitrogens with zero attached hydrogens (tertiary/aromatic N) is 2. The minimum Gasteiger partial charge on any atom is -0.441 e. The number of aromatic nitrogens is 1. The molecule has 4 amide bonds. The van der Waals surface area contributed by atoms with E-state index in [1.807, 2.05) is 18.2 Å². The minimum absolute atomic E-state index is 0.0174. The number of aryl methyl sites for hydroxylation is 1. The van der Waals surface area contributed by atoms with Gasteiger partial charge >= 0.3 is 6.03 Å². The average Bonchev–Trinajstić information content (AvgIpc) is 3.28. The summed E-state index contributed by atoms with van der Waals surface area (Å²) >= 11 is 6.16. The predicted octanol–water partition coefficient (Wildman–Crippen LogP) is 3.46. The third kappa shape index (κ3) is 3.92. The van der Waals surface area contributed by atoms with E-state index in [4.69, 9.17) is 16.0 Å². The second-order valence-corrected chi connectivity index (χ2v) is 8.38. The molecule has 4 rings (SSSR count). The third-order valence-corrected chi connectivity index (χ3v) is 6.11. The van der Waals surface area contributed by atoms with Crippen molar-refractivity contribution in [1.82, 2.24) is 20.7 Å². The Morgan fingerprint density at radius 1 is 1.33 bits per heavy atom. The van der Waals surface area contributed by atoms with Crippen molar-refractivity contribution in [1.29, 1.82) is 0 Å². The van der Waals surface area contributed by atoms with Crippen LogP contribution >= 0.6 is 11.6 Å². The van der Waals surface area contributed by atoms with E-state index < -0.39 is 17.5 Å². The first-order chi connectivity index (χ1) is 14.4. The van der Waals surface area contributed by atoms with Crippen molar-refractivity contribution < 1.29 is 18.8 Å². The number of amides is 4. The Kier molecular flexibility index (Phi) is 5.51. The molecule has 0 bridgehead atoms. The second-order valence-electron chi connectivity index (χ2n) is 7.97. The first kappa shape index (κ1) is 20.4. The van der Waals surface area contributed by atoms with E-state index in [1.165, 1.54) is 0 Å². The molecule has 1 aromatic heterocycles. The summed E-state index contributed by atoms with van der Waals surface area (Å²) in [7, 11) is 0. The fraction of sp³-hybridized carbons (Fsp3) is 0.429. The maximum Gasteiger partial charge on any atom is 0.344 e. The highest BCUT2D eigenvalue weighted by atomic mass is 35.5. The van der Waals surface area contributed by atoms with Gasteiger partial charge in [-0.2, -0.15) is 5.01 Å². The van der Waals surface area contributed by atoms with Crippen LogP contribution in [-0.4, -0.2) is 33.4 Å². The van der Waals surface area contributed by atoms with E-state index in [1.54, 1.807) is 12.3 Å². The van der Waals surface area contributed by atoms with Gasteiger partial charge in [0.2, 0.25) is 5.91 Å². The lowest BCUT2D eigenvalue weighted by Gasteiger charge is -2.33. The monoisotopic (exact) mass is 430 g/mol. The number of imide groups is 1. The quantitative estimate of drug-likeness (QED) is 0.707. The number of hydrogen-bond acceptors (Lipinski definition) is 5. The summed E-state index contributed by atoms with van der Waals surface area (Å²) in [4.78, 5) is 41.6. The van der Waals surface area contributed by atoms with Gasteiger partial charge in [0.15, 0.2) is 11.7 Å². The SMILES string of the molecule is CC1CCC2(CC1)NC(=O)N(NC(=O)CCc1ncc(-c3ccccc3Cl)o1)C2=O. The lowest BCUT2D eigenvalue weighted by atomic mass is 9.77. The van der Waals surface area contributed by atoms with E-state index in [2.05, 4.69) is 22.7 Å². The van der Waals surface area contributed by atoms with Crippen molar-refractivity contribution in [2.24, 2.45) is 5.92 Å². The summed E-state index contributed by atoms with van der Waals surface area (Å²) in [5, 5.41) is 4.13. The van der Waals surface area contributed by atoms with Gasteiger partial charge < -0.3 is 9.73 Å². The van der Waals surface area contributed by atoms with Crippen molar-refractivity contribution in [3.63, 3.8) is 0 Å². The number of halogens is 1. The molecule has 0 atom stereocenters. The molecule has 30 heavy (non-hydrogen) atoms. The number of benzene rings is 1. The summed E-state index contributed by atoms with van der Waals surface area (Å²) in [6, 6.07) is 6.65. The van der Waals surface area contributed by atoms with E-state index in [-0.39, 0.29) is 18.7 Å². The molecule has 2 N–H and O–H groups in total. The number of rotatable bonds is 5. The molecule has 2 aromatic rings. The maximum atomic E-state index is 12.8. The zero-order chi connectivity index (χ0) is 21.3. The Bertz CT molecular complexity index is 981.